The van der Waals surface area contributed by atoms with E-state index in [1.807, 2.05) is 30.3 Å². The van der Waals surface area contributed by atoms with Gasteiger partial charge in [0.2, 0.25) is 10.0 Å². The lowest BCUT2D eigenvalue weighted by molar-refractivity contribution is 0.0947. The minimum Gasteiger partial charge on any atom is -0.348 e. The van der Waals surface area contributed by atoms with E-state index in [0.29, 0.717) is 22.3 Å². The number of hydrogen-bond donors (Lipinski definition) is 2. The molecule has 0 bridgehead atoms. The van der Waals surface area contributed by atoms with Crippen molar-refractivity contribution in [3.8, 4) is 0 Å². The van der Waals surface area contributed by atoms with E-state index < -0.39 is 10.0 Å². The summed E-state index contributed by atoms with van der Waals surface area (Å²) in [6, 6.07) is 12.4. The molecule has 0 aromatic heterocycles. The topological polar surface area (TPSA) is 89.3 Å². The summed E-state index contributed by atoms with van der Waals surface area (Å²) in [5.41, 5.74) is 1.25. The number of rotatable bonds is 6. The first-order valence-corrected chi connectivity index (χ1v) is 12.0. The molecule has 3 N–H and O–H groups in total. The molecule has 28 heavy (non-hydrogen) atoms. The molecule has 2 aromatic rings. The number of nitrogens with two attached hydrogens (primary N) is 1. The van der Waals surface area contributed by atoms with E-state index >= 15 is 0 Å². The van der Waals surface area contributed by atoms with Crippen LogP contribution in [0.4, 0.5) is 0 Å². The van der Waals surface area contributed by atoms with Gasteiger partial charge in [0.1, 0.15) is 4.90 Å². The maximum atomic E-state index is 12.9. The Balaban J connectivity index is 1.89. The lowest BCUT2D eigenvalue weighted by atomic mass is 10.0. The molecule has 1 aliphatic carbocycles. The molecule has 1 amide bonds. The summed E-state index contributed by atoms with van der Waals surface area (Å²) in [5, 5.41) is 8.57. The molecular formula is C20H23ClN2O3S2. The molecule has 1 fully saturated rings. The first kappa shape index (κ1) is 21.2. The fourth-order valence-electron chi connectivity index (χ4n) is 3.26. The highest BCUT2D eigenvalue weighted by Crippen LogP contribution is 2.38. The second kappa shape index (κ2) is 9.31. The van der Waals surface area contributed by atoms with Gasteiger partial charge in [-0.25, -0.2) is 13.6 Å². The van der Waals surface area contributed by atoms with Crippen LogP contribution in [0.1, 0.15) is 48.0 Å². The molecule has 5 nitrogen and oxygen atoms in total. The standard InChI is InChI=1S/C20H23ClN2O3S2/c21-17-12-18(27-15-9-5-2-6-10-15)16(11-19(17)28(22,25)26)20(24)23-13-14-7-3-1-4-8-14/h1,3-4,7-8,11-12,15H,2,5-6,9-10,13H2,(H,23,24)(H2,22,25,26). The number of nitrogens with one attached hydrogen (secondary N) is 1. The Morgan fingerprint density at radius 1 is 1.14 bits per heavy atom. The molecule has 0 atom stereocenters. The van der Waals surface area contributed by atoms with Crippen LogP contribution in [0.25, 0.3) is 0 Å². The summed E-state index contributed by atoms with van der Waals surface area (Å²) < 4.78 is 23.7. The second-order valence-corrected chi connectivity index (χ2v) is 10.1. The molecule has 0 spiro atoms. The van der Waals surface area contributed by atoms with Gasteiger partial charge in [-0.15, -0.1) is 11.8 Å². The van der Waals surface area contributed by atoms with Crippen LogP contribution in [-0.4, -0.2) is 19.6 Å². The van der Waals surface area contributed by atoms with Crippen molar-refractivity contribution in [2.45, 2.75) is 53.7 Å². The van der Waals surface area contributed by atoms with Crippen LogP contribution in [0.2, 0.25) is 5.02 Å². The Hall–Kier alpha value is -1.54. The molecule has 150 valence electrons. The fourth-order valence-corrected chi connectivity index (χ4v) is 5.82. The zero-order valence-electron chi connectivity index (χ0n) is 15.4. The Morgan fingerprint density at radius 3 is 2.46 bits per heavy atom. The third kappa shape index (κ3) is 5.50. The number of amides is 1. The van der Waals surface area contributed by atoms with Gasteiger partial charge in [-0.05, 0) is 30.5 Å². The van der Waals surface area contributed by atoms with Crippen molar-refractivity contribution in [3.05, 3.63) is 58.6 Å². The lowest BCUT2D eigenvalue weighted by Crippen LogP contribution is -2.24. The van der Waals surface area contributed by atoms with Gasteiger partial charge in [0.15, 0.2) is 0 Å². The molecule has 0 radical (unpaired) electrons. The van der Waals surface area contributed by atoms with Crippen LogP contribution in [-0.2, 0) is 16.6 Å². The molecule has 0 aliphatic heterocycles. The zero-order chi connectivity index (χ0) is 20.1. The molecule has 1 saturated carbocycles. The van der Waals surface area contributed by atoms with E-state index in [9.17, 15) is 13.2 Å². The van der Waals surface area contributed by atoms with Crippen LogP contribution in [0, 0.1) is 0 Å². The van der Waals surface area contributed by atoms with Crippen LogP contribution in [0.15, 0.2) is 52.3 Å². The molecule has 8 heteroatoms. The number of primary sulfonamides is 1. The maximum Gasteiger partial charge on any atom is 0.252 e. The highest BCUT2D eigenvalue weighted by atomic mass is 35.5. The van der Waals surface area contributed by atoms with Gasteiger partial charge < -0.3 is 5.32 Å². The normalized spacial score (nSPS) is 15.4. The Labute approximate surface area is 175 Å². The number of sulfonamides is 1. The minimum atomic E-state index is -4.03. The largest absolute Gasteiger partial charge is 0.348 e. The molecule has 1 aliphatic rings. The zero-order valence-corrected chi connectivity index (χ0v) is 17.7. The smallest absolute Gasteiger partial charge is 0.252 e. The SMILES string of the molecule is NS(=O)(=O)c1cc(C(=O)NCc2ccccc2)c(SC2CCCCC2)cc1Cl. The predicted octanol–water partition coefficient (Wildman–Crippen LogP) is 4.34. The van der Waals surface area contributed by atoms with E-state index in [4.69, 9.17) is 16.7 Å². The summed E-state index contributed by atoms with van der Waals surface area (Å²) in [4.78, 5) is 13.3. The summed E-state index contributed by atoms with van der Waals surface area (Å²) in [5.74, 6) is -0.344. The first-order chi connectivity index (χ1) is 13.3. The van der Waals surface area contributed by atoms with Gasteiger partial charge in [0.05, 0.1) is 10.6 Å². The molecule has 0 heterocycles. The van der Waals surface area contributed by atoms with Crippen LogP contribution in [0.5, 0.6) is 0 Å². The van der Waals surface area contributed by atoms with E-state index in [1.54, 1.807) is 17.8 Å². The average Bonchev–Trinajstić information content (AvgIpc) is 2.67. The maximum absolute atomic E-state index is 12.9. The third-order valence-electron chi connectivity index (χ3n) is 4.73. The average molecular weight is 439 g/mol. The van der Waals surface area contributed by atoms with Crippen molar-refractivity contribution < 1.29 is 13.2 Å². The summed E-state index contributed by atoms with van der Waals surface area (Å²) in [6.45, 7) is 0.348. The number of carbonyl (C=O) groups excluding carboxylic acids is 1. The number of halogens is 1. The molecule has 0 saturated heterocycles. The van der Waals surface area contributed by atoms with Gasteiger partial charge >= 0.3 is 0 Å². The summed E-state index contributed by atoms with van der Waals surface area (Å²) >= 11 is 7.77. The van der Waals surface area contributed by atoms with Gasteiger partial charge in [-0.1, -0.05) is 61.2 Å². The van der Waals surface area contributed by atoms with Gasteiger partial charge in [0.25, 0.3) is 5.91 Å². The van der Waals surface area contributed by atoms with E-state index in [2.05, 4.69) is 5.32 Å². The molecule has 2 aromatic carbocycles. The highest BCUT2D eigenvalue weighted by Gasteiger charge is 2.23. The Kier molecular flexibility index (Phi) is 7.04. The van der Waals surface area contributed by atoms with E-state index in [-0.39, 0.29) is 15.8 Å². The van der Waals surface area contributed by atoms with Crippen molar-refractivity contribution in [3.63, 3.8) is 0 Å². The van der Waals surface area contributed by atoms with Crippen LogP contribution < -0.4 is 10.5 Å². The lowest BCUT2D eigenvalue weighted by Gasteiger charge is -2.22. The van der Waals surface area contributed by atoms with Crippen LogP contribution in [0.3, 0.4) is 0 Å². The number of carbonyl (C=O) groups is 1. The molecule has 3 rings (SSSR count). The van der Waals surface area contributed by atoms with Gasteiger partial charge in [0, 0.05) is 16.7 Å². The first-order valence-electron chi connectivity index (χ1n) is 9.20. The Morgan fingerprint density at radius 2 is 1.82 bits per heavy atom. The highest BCUT2D eigenvalue weighted by molar-refractivity contribution is 8.00. The van der Waals surface area contributed by atoms with Gasteiger partial charge in [-0.3, -0.25) is 4.79 Å². The van der Waals surface area contributed by atoms with E-state index in [1.165, 1.54) is 12.5 Å². The van der Waals surface area contributed by atoms with Crippen molar-refractivity contribution in [1.29, 1.82) is 0 Å². The third-order valence-corrected chi connectivity index (χ3v) is 7.50. The molecular weight excluding hydrogens is 416 g/mol. The quantitative estimate of drug-likeness (QED) is 0.701. The minimum absolute atomic E-state index is 0.0421. The molecule has 0 unspecified atom stereocenters. The summed E-state index contributed by atoms with van der Waals surface area (Å²) in [7, 11) is -4.03. The van der Waals surface area contributed by atoms with Crippen molar-refractivity contribution >= 4 is 39.3 Å². The van der Waals surface area contributed by atoms with Crippen LogP contribution >= 0.6 is 23.4 Å². The fraction of sp³-hybridized carbons (Fsp3) is 0.350. The van der Waals surface area contributed by atoms with Crippen molar-refractivity contribution in [2.75, 3.05) is 0 Å². The van der Waals surface area contributed by atoms with Gasteiger partial charge in [-0.2, -0.15) is 0 Å². The second-order valence-electron chi connectivity index (χ2n) is 6.87. The van der Waals surface area contributed by atoms with E-state index in [0.717, 1.165) is 31.2 Å². The van der Waals surface area contributed by atoms with Crippen molar-refractivity contribution in [1.82, 2.24) is 5.32 Å². The number of benzene rings is 2. The Bertz CT molecular complexity index is 943. The number of thioether (sulfide) groups is 1. The summed E-state index contributed by atoms with van der Waals surface area (Å²) in [6.07, 6.45) is 5.70. The van der Waals surface area contributed by atoms with Crippen molar-refractivity contribution in [2.24, 2.45) is 5.14 Å². The number of hydrogen-bond acceptors (Lipinski definition) is 4. The predicted molar refractivity (Wildman–Crippen MR) is 113 cm³/mol. The monoisotopic (exact) mass is 438 g/mol.